The number of aromatic amines is 1. The van der Waals surface area contributed by atoms with Crippen LogP contribution in [0.5, 0.6) is 0 Å². The van der Waals surface area contributed by atoms with Crippen LogP contribution in [0.3, 0.4) is 0 Å². The number of rotatable bonds is 1. The molecule has 74 valence electrons. The number of aliphatic hydroxyl groups is 1. The molecule has 2 saturated carbocycles. The Hall–Kier alpha value is -1.09. The first-order valence-electron chi connectivity index (χ1n) is 5.14. The number of hydrogen-bond donors (Lipinski definition) is 2. The van der Waals surface area contributed by atoms with Gasteiger partial charge in [0, 0.05) is 17.8 Å². The van der Waals surface area contributed by atoms with Gasteiger partial charge in [-0.25, -0.2) is 0 Å². The van der Waals surface area contributed by atoms with E-state index >= 15 is 0 Å². The van der Waals surface area contributed by atoms with Gasteiger partial charge in [-0.15, -0.1) is 0 Å². The highest BCUT2D eigenvalue weighted by Crippen LogP contribution is 2.65. The molecule has 2 unspecified atom stereocenters. The van der Waals surface area contributed by atoms with E-state index in [2.05, 4.69) is 4.98 Å². The van der Waals surface area contributed by atoms with E-state index < -0.39 is 5.60 Å². The zero-order valence-electron chi connectivity index (χ0n) is 7.86. The second-order valence-electron chi connectivity index (χ2n) is 4.41. The van der Waals surface area contributed by atoms with Gasteiger partial charge in [0.25, 0.3) is 0 Å². The molecular formula is C11H13NO2. The Bertz CT molecular complexity index is 393. The van der Waals surface area contributed by atoms with E-state index in [4.69, 9.17) is 0 Å². The molecule has 2 aliphatic rings. The molecular weight excluding hydrogens is 178 g/mol. The minimum absolute atomic E-state index is 0.108. The van der Waals surface area contributed by atoms with Gasteiger partial charge in [-0.3, -0.25) is 4.79 Å². The fraction of sp³-hybridized carbons (Fsp3) is 0.545. The number of aromatic nitrogens is 1. The van der Waals surface area contributed by atoms with Gasteiger partial charge in [-0.1, -0.05) is 6.42 Å². The van der Waals surface area contributed by atoms with Crippen molar-refractivity contribution in [1.82, 2.24) is 4.98 Å². The van der Waals surface area contributed by atoms with Gasteiger partial charge in [-0.05, 0) is 30.7 Å². The SMILES string of the molecule is O=c1ccc(C2(O)C3CCCC32)c[nH]1. The highest BCUT2D eigenvalue weighted by Gasteiger charge is 2.66. The molecule has 0 aromatic carbocycles. The fourth-order valence-corrected chi connectivity index (χ4v) is 3.01. The first kappa shape index (κ1) is 8.24. The third kappa shape index (κ3) is 0.879. The number of nitrogens with one attached hydrogen (secondary N) is 1. The zero-order valence-corrected chi connectivity index (χ0v) is 7.86. The van der Waals surface area contributed by atoms with Crippen LogP contribution >= 0.6 is 0 Å². The average Bonchev–Trinajstić information content (AvgIpc) is 2.63. The smallest absolute Gasteiger partial charge is 0.247 e. The van der Waals surface area contributed by atoms with Crippen molar-refractivity contribution in [2.24, 2.45) is 11.8 Å². The van der Waals surface area contributed by atoms with E-state index in [1.54, 1.807) is 12.3 Å². The van der Waals surface area contributed by atoms with Crippen LogP contribution < -0.4 is 5.56 Å². The van der Waals surface area contributed by atoms with Gasteiger partial charge in [-0.2, -0.15) is 0 Å². The molecule has 0 saturated heterocycles. The van der Waals surface area contributed by atoms with E-state index in [0.29, 0.717) is 11.8 Å². The third-order valence-corrected chi connectivity index (χ3v) is 3.78. The Balaban J connectivity index is 1.97. The van der Waals surface area contributed by atoms with Crippen molar-refractivity contribution in [3.63, 3.8) is 0 Å². The predicted molar refractivity (Wildman–Crippen MR) is 51.8 cm³/mol. The molecule has 0 amide bonds. The fourth-order valence-electron chi connectivity index (χ4n) is 3.01. The average molecular weight is 191 g/mol. The minimum Gasteiger partial charge on any atom is -0.385 e. The standard InChI is InChI=1S/C11H13NO2/c13-10-5-4-7(6-12-10)11(14)8-2-1-3-9(8)11/h4-6,8-9,14H,1-3H2,(H,12,13). The largest absolute Gasteiger partial charge is 0.385 e. The molecule has 1 aromatic rings. The summed E-state index contributed by atoms with van der Waals surface area (Å²) in [5, 5.41) is 10.3. The molecule has 0 bridgehead atoms. The van der Waals surface area contributed by atoms with E-state index in [0.717, 1.165) is 18.4 Å². The molecule has 2 atom stereocenters. The highest BCUT2D eigenvalue weighted by molar-refractivity contribution is 5.31. The molecule has 14 heavy (non-hydrogen) atoms. The lowest BCUT2D eigenvalue weighted by Crippen LogP contribution is -2.15. The van der Waals surface area contributed by atoms with Crippen molar-refractivity contribution in [3.8, 4) is 0 Å². The van der Waals surface area contributed by atoms with E-state index in [9.17, 15) is 9.90 Å². The van der Waals surface area contributed by atoms with E-state index in [-0.39, 0.29) is 5.56 Å². The minimum atomic E-state index is -0.623. The lowest BCUT2D eigenvalue weighted by atomic mass is 10.0. The molecule has 1 heterocycles. The summed E-state index contributed by atoms with van der Waals surface area (Å²) in [5.41, 5.74) is 0.151. The Morgan fingerprint density at radius 1 is 1.36 bits per heavy atom. The van der Waals surface area contributed by atoms with Crippen molar-refractivity contribution < 1.29 is 5.11 Å². The molecule has 2 fully saturated rings. The Kier molecular flexibility index (Phi) is 1.46. The lowest BCUT2D eigenvalue weighted by Gasteiger charge is -2.13. The van der Waals surface area contributed by atoms with E-state index in [1.165, 1.54) is 12.5 Å². The molecule has 3 heteroatoms. The van der Waals surface area contributed by atoms with Gasteiger partial charge in [0.1, 0.15) is 0 Å². The molecule has 2 N–H and O–H groups in total. The van der Waals surface area contributed by atoms with Crippen molar-refractivity contribution in [2.75, 3.05) is 0 Å². The Labute approximate surface area is 81.8 Å². The highest BCUT2D eigenvalue weighted by atomic mass is 16.3. The van der Waals surface area contributed by atoms with Crippen LogP contribution in [0.1, 0.15) is 24.8 Å². The molecule has 1 aromatic heterocycles. The molecule has 2 aliphatic carbocycles. The Morgan fingerprint density at radius 2 is 2.07 bits per heavy atom. The van der Waals surface area contributed by atoms with Crippen molar-refractivity contribution in [2.45, 2.75) is 24.9 Å². The summed E-state index contributed by atoms with van der Waals surface area (Å²) >= 11 is 0. The quantitative estimate of drug-likeness (QED) is 0.695. The summed E-state index contributed by atoms with van der Waals surface area (Å²) in [6, 6.07) is 3.23. The zero-order chi connectivity index (χ0) is 9.76. The summed E-state index contributed by atoms with van der Waals surface area (Å²) in [4.78, 5) is 13.5. The first-order valence-corrected chi connectivity index (χ1v) is 5.14. The van der Waals surface area contributed by atoms with Crippen LogP contribution in [0.15, 0.2) is 23.1 Å². The monoisotopic (exact) mass is 191 g/mol. The van der Waals surface area contributed by atoms with Gasteiger partial charge in [0.15, 0.2) is 0 Å². The third-order valence-electron chi connectivity index (χ3n) is 3.78. The summed E-state index contributed by atoms with van der Waals surface area (Å²) in [6.45, 7) is 0. The lowest BCUT2D eigenvalue weighted by molar-refractivity contribution is 0.105. The van der Waals surface area contributed by atoms with E-state index in [1.807, 2.05) is 0 Å². The molecule has 3 nitrogen and oxygen atoms in total. The second-order valence-corrected chi connectivity index (χ2v) is 4.41. The van der Waals surface area contributed by atoms with Gasteiger partial charge in [0.2, 0.25) is 5.56 Å². The molecule has 0 spiro atoms. The van der Waals surface area contributed by atoms with Gasteiger partial charge in [0.05, 0.1) is 5.60 Å². The maximum atomic E-state index is 10.9. The summed E-state index contributed by atoms with van der Waals surface area (Å²) in [7, 11) is 0. The molecule has 3 rings (SSSR count). The molecule has 0 aliphatic heterocycles. The summed E-state index contributed by atoms with van der Waals surface area (Å²) in [5.74, 6) is 0.877. The number of H-pyrrole nitrogens is 1. The van der Waals surface area contributed by atoms with Crippen LogP contribution in [-0.2, 0) is 5.60 Å². The maximum Gasteiger partial charge on any atom is 0.247 e. The maximum absolute atomic E-state index is 10.9. The van der Waals surface area contributed by atoms with Gasteiger partial charge >= 0.3 is 0 Å². The summed E-state index contributed by atoms with van der Waals surface area (Å²) in [6.07, 6.45) is 5.14. The number of pyridine rings is 1. The Morgan fingerprint density at radius 3 is 2.64 bits per heavy atom. The normalized spacial score (nSPS) is 39.5. The second kappa shape index (κ2) is 2.48. The molecule has 0 radical (unpaired) electrons. The van der Waals surface area contributed by atoms with Crippen LogP contribution in [-0.4, -0.2) is 10.1 Å². The first-order chi connectivity index (χ1) is 6.73. The van der Waals surface area contributed by atoms with Crippen molar-refractivity contribution in [1.29, 1.82) is 0 Å². The van der Waals surface area contributed by atoms with Gasteiger partial charge < -0.3 is 10.1 Å². The van der Waals surface area contributed by atoms with Crippen LogP contribution in [0.4, 0.5) is 0 Å². The van der Waals surface area contributed by atoms with Crippen LogP contribution in [0.2, 0.25) is 0 Å². The number of hydrogen-bond acceptors (Lipinski definition) is 2. The van der Waals surface area contributed by atoms with Crippen molar-refractivity contribution >= 4 is 0 Å². The van der Waals surface area contributed by atoms with Crippen LogP contribution in [0, 0.1) is 11.8 Å². The predicted octanol–water partition coefficient (Wildman–Crippen LogP) is 0.992. The van der Waals surface area contributed by atoms with Crippen LogP contribution in [0.25, 0.3) is 0 Å². The number of fused-ring (bicyclic) bond motifs is 1. The summed E-state index contributed by atoms with van der Waals surface area (Å²) < 4.78 is 0. The van der Waals surface area contributed by atoms with Crippen molar-refractivity contribution in [3.05, 3.63) is 34.2 Å². The topological polar surface area (TPSA) is 53.1 Å².